The molecule has 1 fully saturated rings. The number of hydrogen-bond acceptors (Lipinski definition) is 8. The number of nitrogens with zero attached hydrogens (tertiary/aromatic N) is 7. The van der Waals surface area contributed by atoms with Crippen molar-refractivity contribution >= 4 is 23.0 Å². The second-order valence-electron chi connectivity index (χ2n) is 6.29. The molecule has 0 amide bonds. The molecule has 1 aliphatic heterocycles. The lowest BCUT2D eigenvalue weighted by atomic mass is 10.3. The number of imidazole rings is 1. The van der Waals surface area contributed by atoms with Crippen LogP contribution in [-0.4, -0.2) is 59.4 Å². The summed E-state index contributed by atoms with van der Waals surface area (Å²) in [4.78, 5) is 18.9. The van der Waals surface area contributed by atoms with E-state index in [1.807, 2.05) is 4.31 Å². The second kappa shape index (κ2) is 7.91. The van der Waals surface area contributed by atoms with Crippen LogP contribution >= 0.6 is 0 Å². The maximum Gasteiger partial charge on any atom is 0.336 e. The molecular formula is C16H19F2N8OS+. The Morgan fingerprint density at radius 2 is 1.96 bits per heavy atom. The highest BCUT2D eigenvalue weighted by Crippen LogP contribution is 2.23. The summed E-state index contributed by atoms with van der Waals surface area (Å²) in [6.45, 7) is 2.75. The van der Waals surface area contributed by atoms with E-state index in [1.54, 1.807) is 18.5 Å². The van der Waals surface area contributed by atoms with Gasteiger partial charge >= 0.3 is 11.5 Å². The Bertz CT molecular complexity index is 969. The Kier molecular flexibility index (Phi) is 5.35. The number of nitrogens with two attached hydrogens (primary N) is 1. The third-order valence-corrected chi connectivity index (χ3v) is 5.45. The summed E-state index contributed by atoms with van der Waals surface area (Å²) < 4.78 is 39.0. The first-order valence-corrected chi connectivity index (χ1v) is 9.85. The van der Waals surface area contributed by atoms with E-state index >= 15 is 0 Å². The molecule has 12 heteroatoms. The van der Waals surface area contributed by atoms with Crippen molar-refractivity contribution in [3.05, 3.63) is 36.5 Å². The second-order valence-corrected chi connectivity index (χ2v) is 7.39. The van der Waals surface area contributed by atoms with Crippen LogP contribution in [0.3, 0.4) is 0 Å². The topological polar surface area (TPSA) is 109 Å². The van der Waals surface area contributed by atoms with Gasteiger partial charge in [0.15, 0.2) is 11.5 Å². The van der Waals surface area contributed by atoms with Gasteiger partial charge < -0.3 is 4.90 Å². The molecule has 3 aromatic rings. The van der Waals surface area contributed by atoms with E-state index in [0.29, 0.717) is 36.8 Å². The first-order valence-electron chi connectivity index (χ1n) is 8.65. The van der Waals surface area contributed by atoms with Gasteiger partial charge in [-0.3, -0.25) is 4.40 Å². The van der Waals surface area contributed by atoms with Crippen LogP contribution in [0.25, 0.3) is 17.2 Å². The highest BCUT2D eigenvalue weighted by molar-refractivity contribution is 7.86. The van der Waals surface area contributed by atoms with Crippen LogP contribution in [-0.2, 0) is 11.5 Å². The van der Waals surface area contributed by atoms with Crippen LogP contribution in [0, 0.1) is 0 Å². The normalized spacial score (nSPS) is 17.2. The Morgan fingerprint density at radius 1 is 1.11 bits per heavy atom. The largest absolute Gasteiger partial charge is 0.355 e. The lowest BCUT2D eigenvalue weighted by Crippen LogP contribution is -2.39. The zero-order chi connectivity index (χ0) is 19.7. The van der Waals surface area contributed by atoms with E-state index in [1.165, 1.54) is 16.8 Å². The van der Waals surface area contributed by atoms with Crippen LogP contribution in [0.4, 0.5) is 14.6 Å². The molecule has 0 radical (unpaired) electrons. The van der Waals surface area contributed by atoms with Crippen LogP contribution in [0.1, 0.15) is 18.5 Å². The van der Waals surface area contributed by atoms with E-state index in [2.05, 4.69) is 24.8 Å². The van der Waals surface area contributed by atoms with Crippen molar-refractivity contribution in [3.63, 3.8) is 0 Å². The molecule has 148 valence electrons. The molecule has 0 spiro atoms. The zero-order valence-electron chi connectivity index (χ0n) is 14.8. The molecule has 4 rings (SSSR count). The van der Waals surface area contributed by atoms with E-state index in [4.69, 9.17) is 5.14 Å². The average molecular weight is 409 g/mol. The summed E-state index contributed by atoms with van der Waals surface area (Å²) in [5, 5.41) is 5.59. The smallest absolute Gasteiger partial charge is 0.336 e. The molecule has 1 aliphatic rings. The molecule has 28 heavy (non-hydrogen) atoms. The van der Waals surface area contributed by atoms with Crippen molar-refractivity contribution in [1.29, 1.82) is 0 Å². The number of rotatable bonds is 4. The molecule has 1 saturated heterocycles. The monoisotopic (exact) mass is 409 g/mol. The summed E-state index contributed by atoms with van der Waals surface area (Å²) >= 11 is -1.24. The Labute approximate surface area is 162 Å². The van der Waals surface area contributed by atoms with Crippen LogP contribution < -0.4 is 10.0 Å². The van der Waals surface area contributed by atoms with Crippen molar-refractivity contribution in [3.8, 4) is 11.5 Å². The maximum absolute atomic E-state index is 13.0. The minimum absolute atomic E-state index is 0.336. The standard InChI is InChI=1S/C16H18F2N8OS/c17-15(18)11-10-26-12(8-22-14(26)9-21-11)16-20-3-2-13(23-16)24-4-1-5-25(7-6-24)28(19)27/h2-3,8-10,15H,1,4-7H2,(H2,19,27)/p+1. The van der Waals surface area contributed by atoms with Crippen molar-refractivity contribution in [2.75, 3.05) is 31.1 Å². The molecule has 1 unspecified atom stereocenters. The predicted molar refractivity (Wildman–Crippen MR) is 102 cm³/mol. The highest BCUT2D eigenvalue weighted by Gasteiger charge is 2.27. The number of alkyl halides is 2. The van der Waals surface area contributed by atoms with Crippen molar-refractivity contribution in [1.82, 2.24) is 28.6 Å². The molecule has 3 aromatic heterocycles. The quantitative estimate of drug-likeness (QED) is 0.625. The van der Waals surface area contributed by atoms with Gasteiger partial charge in [-0.2, -0.15) is 0 Å². The summed E-state index contributed by atoms with van der Waals surface area (Å²) in [5.41, 5.74) is 0.616. The summed E-state index contributed by atoms with van der Waals surface area (Å²) in [7, 11) is 0. The summed E-state index contributed by atoms with van der Waals surface area (Å²) in [6.07, 6.45) is 3.89. The van der Waals surface area contributed by atoms with Gasteiger partial charge in [0.2, 0.25) is 0 Å². The highest BCUT2D eigenvalue weighted by atomic mass is 32.2. The fraction of sp³-hybridized carbons (Fsp3) is 0.375. The Hall–Kier alpha value is -2.41. The summed E-state index contributed by atoms with van der Waals surface area (Å²) in [6, 6.07) is 1.80. The summed E-state index contributed by atoms with van der Waals surface area (Å²) in [5.74, 6) is 1.11. The van der Waals surface area contributed by atoms with Crippen molar-refractivity contribution < 1.29 is 13.3 Å². The lowest BCUT2D eigenvalue weighted by Gasteiger charge is -2.21. The first kappa shape index (κ1) is 18.9. The van der Waals surface area contributed by atoms with Gasteiger partial charge in [-0.05, 0) is 12.5 Å². The zero-order valence-corrected chi connectivity index (χ0v) is 15.6. The molecule has 9 nitrogen and oxygen atoms in total. The first-order chi connectivity index (χ1) is 13.5. The molecule has 1 atom stereocenters. The molecule has 0 aliphatic carbocycles. The molecule has 0 saturated carbocycles. The number of aromatic nitrogens is 5. The van der Waals surface area contributed by atoms with Crippen LogP contribution in [0.15, 0.2) is 30.9 Å². The fourth-order valence-electron chi connectivity index (χ4n) is 3.14. The molecular weight excluding hydrogens is 390 g/mol. The van der Waals surface area contributed by atoms with Crippen LogP contribution in [0.2, 0.25) is 0 Å². The van der Waals surface area contributed by atoms with Crippen LogP contribution in [0.5, 0.6) is 0 Å². The van der Waals surface area contributed by atoms with E-state index in [-0.39, 0.29) is 5.69 Å². The lowest BCUT2D eigenvalue weighted by molar-refractivity contribution is 0.145. The van der Waals surface area contributed by atoms with Crippen molar-refractivity contribution in [2.24, 2.45) is 5.14 Å². The van der Waals surface area contributed by atoms with Crippen molar-refractivity contribution in [2.45, 2.75) is 12.8 Å². The Balaban J connectivity index is 1.64. The van der Waals surface area contributed by atoms with Gasteiger partial charge in [0.1, 0.15) is 17.2 Å². The SMILES string of the molecule is N[S+](O)N1CCCN(c2ccnc(-c3cnc4cnc(C(F)F)cn34)n2)CC1. The minimum Gasteiger partial charge on any atom is -0.355 e. The van der Waals surface area contributed by atoms with E-state index < -0.39 is 18.0 Å². The number of halogens is 2. The third-order valence-electron chi connectivity index (χ3n) is 4.55. The number of hydrogen-bond donors (Lipinski definition) is 2. The third kappa shape index (κ3) is 3.76. The predicted octanol–water partition coefficient (Wildman–Crippen LogP) is 1.52. The molecule has 4 heterocycles. The minimum atomic E-state index is -2.68. The van der Waals surface area contributed by atoms with Gasteiger partial charge in [-0.1, -0.05) is 4.31 Å². The van der Waals surface area contributed by atoms with E-state index in [9.17, 15) is 13.3 Å². The number of anilines is 1. The maximum atomic E-state index is 13.0. The van der Waals surface area contributed by atoms with Gasteiger partial charge in [0.05, 0.1) is 25.5 Å². The molecule has 0 bridgehead atoms. The fourth-order valence-corrected chi connectivity index (χ4v) is 3.73. The molecule has 3 N–H and O–H groups in total. The molecule has 0 aromatic carbocycles. The van der Waals surface area contributed by atoms with Gasteiger partial charge in [0.25, 0.3) is 6.43 Å². The van der Waals surface area contributed by atoms with Gasteiger partial charge in [-0.15, -0.1) is 9.69 Å². The van der Waals surface area contributed by atoms with Gasteiger partial charge in [0, 0.05) is 25.5 Å². The van der Waals surface area contributed by atoms with E-state index in [0.717, 1.165) is 18.8 Å². The Morgan fingerprint density at radius 3 is 2.75 bits per heavy atom. The van der Waals surface area contributed by atoms with Gasteiger partial charge in [-0.25, -0.2) is 28.7 Å². The number of fused-ring (bicyclic) bond motifs is 1. The average Bonchev–Trinajstić information content (AvgIpc) is 2.95.